The van der Waals surface area contributed by atoms with E-state index in [2.05, 4.69) is 0 Å². The van der Waals surface area contributed by atoms with Crippen molar-refractivity contribution in [3.8, 4) is 0 Å². The molecule has 2 saturated carbocycles. The van der Waals surface area contributed by atoms with Crippen molar-refractivity contribution >= 4 is 0 Å². The zero-order chi connectivity index (χ0) is 7.03. The second-order valence-corrected chi connectivity index (χ2v) is 4.00. The molecular weight excluding hydrogens is 124 g/mol. The zero-order valence-electron chi connectivity index (χ0n) is 6.47. The van der Waals surface area contributed by atoms with Crippen molar-refractivity contribution < 1.29 is 5.11 Å². The molecular formula is C9H16O. The van der Waals surface area contributed by atoms with Crippen molar-refractivity contribution in [1.82, 2.24) is 0 Å². The first kappa shape index (κ1) is 6.66. The highest BCUT2D eigenvalue weighted by Gasteiger charge is 2.48. The van der Waals surface area contributed by atoms with Crippen molar-refractivity contribution in [2.24, 2.45) is 11.3 Å². The third kappa shape index (κ3) is 0.878. The zero-order valence-corrected chi connectivity index (χ0v) is 6.47. The molecule has 10 heavy (non-hydrogen) atoms. The fourth-order valence-corrected chi connectivity index (χ4v) is 2.39. The fraction of sp³-hybridized carbons (Fsp3) is 1.00. The van der Waals surface area contributed by atoms with Crippen molar-refractivity contribution in [1.29, 1.82) is 0 Å². The maximum Gasteiger partial charge on any atom is 0.0490 e. The summed E-state index contributed by atoms with van der Waals surface area (Å²) in [6.07, 6.45) is 8.20. The Labute approximate surface area is 62.4 Å². The summed E-state index contributed by atoms with van der Waals surface area (Å²) >= 11 is 0. The highest BCUT2D eigenvalue weighted by atomic mass is 16.3. The number of hydrogen-bond acceptors (Lipinski definition) is 1. The molecule has 2 rings (SSSR count). The summed E-state index contributed by atoms with van der Waals surface area (Å²) in [4.78, 5) is 0. The lowest BCUT2D eigenvalue weighted by Gasteiger charge is -2.19. The second-order valence-electron chi connectivity index (χ2n) is 4.00. The van der Waals surface area contributed by atoms with E-state index in [1.54, 1.807) is 0 Å². The number of aliphatic hydroxyl groups is 1. The quantitative estimate of drug-likeness (QED) is 0.621. The molecule has 0 aromatic carbocycles. The number of aliphatic hydroxyl groups excluding tert-OH is 1. The van der Waals surface area contributed by atoms with E-state index in [0.29, 0.717) is 12.0 Å². The molecule has 0 amide bonds. The highest BCUT2D eigenvalue weighted by molar-refractivity contribution is 4.99. The summed E-state index contributed by atoms with van der Waals surface area (Å²) < 4.78 is 0. The second kappa shape index (κ2) is 2.23. The summed E-state index contributed by atoms with van der Waals surface area (Å²) in [5.74, 6) is 0.887. The first-order valence-electron chi connectivity index (χ1n) is 4.48. The van der Waals surface area contributed by atoms with Crippen LogP contribution in [-0.4, -0.2) is 11.7 Å². The monoisotopic (exact) mass is 140 g/mol. The van der Waals surface area contributed by atoms with Gasteiger partial charge in [0.15, 0.2) is 0 Å². The Morgan fingerprint density at radius 1 is 1.20 bits per heavy atom. The largest absolute Gasteiger partial charge is 0.396 e. The van der Waals surface area contributed by atoms with Crippen LogP contribution in [-0.2, 0) is 0 Å². The molecule has 0 unspecified atom stereocenters. The van der Waals surface area contributed by atoms with Gasteiger partial charge in [-0.1, -0.05) is 12.8 Å². The molecule has 0 atom stereocenters. The summed E-state index contributed by atoms with van der Waals surface area (Å²) in [6, 6.07) is 0. The van der Waals surface area contributed by atoms with E-state index < -0.39 is 0 Å². The molecule has 0 heterocycles. The lowest BCUT2D eigenvalue weighted by molar-refractivity contribution is 0.157. The van der Waals surface area contributed by atoms with Crippen LogP contribution >= 0.6 is 0 Å². The standard InChI is InChI=1S/C9H16O/c10-7-9(5-6-9)8-3-1-2-4-8/h8,10H,1-7H2. The minimum atomic E-state index is 0.427. The molecule has 0 spiro atoms. The van der Waals surface area contributed by atoms with Crippen LogP contribution < -0.4 is 0 Å². The topological polar surface area (TPSA) is 20.2 Å². The van der Waals surface area contributed by atoms with Gasteiger partial charge >= 0.3 is 0 Å². The molecule has 1 nitrogen and oxygen atoms in total. The lowest BCUT2D eigenvalue weighted by Crippen LogP contribution is -2.16. The fourth-order valence-electron chi connectivity index (χ4n) is 2.39. The summed E-state index contributed by atoms with van der Waals surface area (Å²) in [5, 5.41) is 9.12. The van der Waals surface area contributed by atoms with Gasteiger partial charge in [-0.3, -0.25) is 0 Å². The minimum Gasteiger partial charge on any atom is -0.396 e. The van der Waals surface area contributed by atoms with Gasteiger partial charge in [-0.2, -0.15) is 0 Å². The van der Waals surface area contributed by atoms with Crippen molar-refractivity contribution in [2.45, 2.75) is 38.5 Å². The number of hydrogen-bond donors (Lipinski definition) is 1. The predicted octanol–water partition coefficient (Wildman–Crippen LogP) is 1.95. The van der Waals surface area contributed by atoms with Gasteiger partial charge in [0.1, 0.15) is 0 Å². The van der Waals surface area contributed by atoms with E-state index in [1.807, 2.05) is 0 Å². The Kier molecular flexibility index (Phi) is 1.48. The Hall–Kier alpha value is -0.0400. The van der Waals surface area contributed by atoms with Gasteiger partial charge in [-0.25, -0.2) is 0 Å². The molecule has 1 N–H and O–H groups in total. The Bertz CT molecular complexity index is 121. The molecule has 0 saturated heterocycles. The van der Waals surface area contributed by atoms with E-state index in [0.717, 1.165) is 5.92 Å². The molecule has 0 aromatic heterocycles. The van der Waals surface area contributed by atoms with Crippen LogP contribution in [0.5, 0.6) is 0 Å². The van der Waals surface area contributed by atoms with E-state index >= 15 is 0 Å². The van der Waals surface area contributed by atoms with Crippen LogP contribution in [0.4, 0.5) is 0 Å². The van der Waals surface area contributed by atoms with Gasteiger partial charge in [-0.15, -0.1) is 0 Å². The van der Waals surface area contributed by atoms with E-state index in [1.165, 1.54) is 38.5 Å². The van der Waals surface area contributed by atoms with Crippen LogP contribution in [0.15, 0.2) is 0 Å². The first-order chi connectivity index (χ1) is 4.87. The lowest BCUT2D eigenvalue weighted by atomic mass is 9.88. The van der Waals surface area contributed by atoms with Crippen LogP contribution in [0.2, 0.25) is 0 Å². The van der Waals surface area contributed by atoms with Crippen LogP contribution in [0.3, 0.4) is 0 Å². The average Bonchev–Trinajstić information content (AvgIpc) is 2.58. The van der Waals surface area contributed by atoms with Gasteiger partial charge in [0.05, 0.1) is 0 Å². The minimum absolute atomic E-state index is 0.427. The first-order valence-corrected chi connectivity index (χ1v) is 4.48. The molecule has 1 heteroatoms. The summed E-state index contributed by atoms with van der Waals surface area (Å²) in [6.45, 7) is 0.456. The molecule has 2 aliphatic carbocycles. The molecule has 0 aromatic rings. The van der Waals surface area contributed by atoms with E-state index in [-0.39, 0.29) is 0 Å². The Morgan fingerprint density at radius 2 is 1.80 bits per heavy atom. The third-order valence-electron chi connectivity index (χ3n) is 3.43. The SMILES string of the molecule is OCC1(C2CCCC2)CC1. The van der Waals surface area contributed by atoms with E-state index in [9.17, 15) is 0 Å². The number of rotatable bonds is 2. The predicted molar refractivity (Wildman–Crippen MR) is 40.7 cm³/mol. The van der Waals surface area contributed by atoms with E-state index in [4.69, 9.17) is 5.11 Å². The van der Waals surface area contributed by atoms with Crippen molar-refractivity contribution in [3.05, 3.63) is 0 Å². The average molecular weight is 140 g/mol. The maximum atomic E-state index is 9.12. The van der Waals surface area contributed by atoms with Crippen molar-refractivity contribution in [2.75, 3.05) is 6.61 Å². The molecule has 58 valence electrons. The normalized spacial score (nSPS) is 30.9. The van der Waals surface area contributed by atoms with Gasteiger partial charge < -0.3 is 5.11 Å². The summed E-state index contributed by atoms with van der Waals surface area (Å²) in [5.41, 5.74) is 0.427. The summed E-state index contributed by atoms with van der Waals surface area (Å²) in [7, 11) is 0. The van der Waals surface area contributed by atoms with Gasteiger partial charge in [0.2, 0.25) is 0 Å². The Balaban J connectivity index is 1.96. The van der Waals surface area contributed by atoms with Gasteiger partial charge in [-0.05, 0) is 37.0 Å². The Morgan fingerprint density at radius 3 is 2.20 bits per heavy atom. The molecule has 0 aliphatic heterocycles. The molecule has 0 bridgehead atoms. The smallest absolute Gasteiger partial charge is 0.0490 e. The van der Waals surface area contributed by atoms with Gasteiger partial charge in [0.25, 0.3) is 0 Å². The molecule has 0 radical (unpaired) electrons. The molecule has 2 fully saturated rings. The van der Waals surface area contributed by atoms with Gasteiger partial charge in [0, 0.05) is 6.61 Å². The van der Waals surface area contributed by atoms with Crippen LogP contribution in [0, 0.1) is 11.3 Å². The van der Waals surface area contributed by atoms with Crippen LogP contribution in [0.1, 0.15) is 38.5 Å². The van der Waals surface area contributed by atoms with Crippen LogP contribution in [0.25, 0.3) is 0 Å². The highest BCUT2D eigenvalue weighted by Crippen LogP contribution is 2.56. The molecule has 2 aliphatic rings. The van der Waals surface area contributed by atoms with Crippen molar-refractivity contribution in [3.63, 3.8) is 0 Å². The third-order valence-corrected chi connectivity index (χ3v) is 3.43. The maximum absolute atomic E-state index is 9.12.